The van der Waals surface area contributed by atoms with Crippen molar-refractivity contribution in [1.82, 2.24) is 19.8 Å². The van der Waals surface area contributed by atoms with E-state index >= 15 is 0 Å². The monoisotopic (exact) mass is 250 g/mol. The molecule has 0 amide bonds. The number of hydrogen-bond donors (Lipinski definition) is 1. The first-order valence-corrected chi connectivity index (χ1v) is 7.09. The first-order chi connectivity index (χ1) is 8.68. The normalized spacial score (nSPS) is 16.5. The fraction of sp³-hybridized carbons (Fsp3) is 0.786. The third-order valence-electron chi connectivity index (χ3n) is 3.99. The van der Waals surface area contributed by atoms with Gasteiger partial charge in [0.05, 0.1) is 6.33 Å². The van der Waals surface area contributed by atoms with Crippen molar-refractivity contribution < 1.29 is 0 Å². The van der Waals surface area contributed by atoms with Crippen LogP contribution in [0.3, 0.4) is 0 Å². The molecule has 0 atom stereocenters. The molecule has 1 aromatic heterocycles. The van der Waals surface area contributed by atoms with E-state index in [1.54, 1.807) is 0 Å². The summed E-state index contributed by atoms with van der Waals surface area (Å²) in [6.45, 7) is 9.02. The van der Waals surface area contributed by atoms with Crippen molar-refractivity contribution in [2.24, 2.45) is 0 Å². The van der Waals surface area contributed by atoms with Gasteiger partial charge in [0.25, 0.3) is 0 Å². The summed E-state index contributed by atoms with van der Waals surface area (Å²) in [7, 11) is 2.20. The Labute approximate surface area is 110 Å². The molecule has 0 spiro atoms. The van der Waals surface area contributed by atoms with Crippen molar-refractivity contribution in [1.29, 1.82) is 0 Å². The summed E-state index contributed by atoms with van der Waals surface area (Å²) in [4.78, 5) is 6.70. The summed E-state index contributed by atoms with van der Waals surface area (Å²) in [6, 6.07) is 0.648. The van der Waals surface area contributed by atoms with Crippen molar-refractivity contribution in [2.75, 3.05) is 26.7 Å². The van der Waals surface area contributed by atoms with Crippen molar-refractivity contribution >= 4 is 0 Å². The van der Waals surface area contributed by atoms with Gasteiger partial charge in [-0.3, -0.25) is 0 Å². The molecule has 0 saturated carbocycles. The van der Waals surface area contributed by atoms with E-state index in [2.05, 4.69) is 40.7 Å². The van der Waals surface area contributed by atoms with Crippen molar-refractivity contribution in [3.05, 3.63) is 18.2 Å². The van der Waals surface area contributed by atoms with Gasteiger partial charge in [0.15, 0.2) is 0 Å². The van der Waals surface area contributed by atoms with Crippen LogP contribution in [0.15, 0.2) is 12.5 Å². The fourth-order valence-corrected chi connectivity index (χ4v) is 2.26. The summed E-state index contributed by atoms with van der Waals surface area (Å²) in [6.07, 6.45) is 6.52. The SMILES string of the molecule is CC(C)N(C)CCCCn1cncc1C1CNC1. The lowest BCUT2D eigenvalue weighted by Crippen LogP contribution is -2.40. The number of unbranched alkanes of at least 4 members (excludes halogenated alkanes) is 1. The van der Waals surface area contributed by atoms with E-state index < -0.39 is 0 Å². The second-order valence-electron chi connectivity index (χ2n) is 5.65. The zero-order chi connectivity index (χ0) is 13.0. The Bertz CT molecular complexity index is 354. The molecule has 102 valence electrons. The average Bonchev–Trinajstić information content (AvgIpc) is 2.70. The van der Waals surface area contributed by atoms with Crippen LogP contribution in [0.5, 0.6) is 0 Å². The van der Waals surface area contributed by atoms with Crippen LogP contribution in [-0.2, 0) is 6.54 Å². The van der Waals surface area contributed by atoms with Crippen molar-refractivity contribution in [3.8, 4) is 0 Å². The van der Waals surface area contributed by atoms with Crippen LogP contribution in [0.1, 0.15) is 38.3 Å². The molecule has 0 bridgehead atoms. The molecule has 1 aliphatic rings. The summed E-state index contributed by atoms with van der Waals surface area (Å²) < 4.78 is 2.33. The van der Waals surface area contributed by atoms with Crippen LogP contribution >= 0.6 is 0 Å². The Kier molecular flexibility index (Phi) is 4.78. The van der Waals surface area contributed by atoms with E-state index in [9.17, 15) is 0 Å². The second-order valence-corrected chi connectivity index (χ2v) is 5.65. The van der Waals surface area contributed by atoms with Crippen LogP contribution in [0.2, 0.25) is 0 Å². The first kappa shape index (κ1) is 13.6. The Balaban J connectivity index is 1.72. The highest BCUT2D eigenvalue weighted by Crippen LogP contribution is 2.19. The second kappa shape index (κ2) is 6.34. The molecule has 18 heavy (non-hydrogen) atoms. The number of aryl methyl sites for hydroxylation is 1. The molecule has 4 heteroatoms. The highest BCUT2D eigenvalue weighted by molar-refractivity contribution is 5.11. The summed E-state index contributed by atoms with van der Waals surface area (Å²) in [5.41, 5.74) is 1.41. The Morgan fingerprint density at radius 2 is 2.22 bits per heavy atom. The molecule has 1 N–H and O–H groups in total. The summed E-state index contributed by atoms with van der Waals surface area (Å²) >= 11 is 0. The summed E-state index contributed by atoms with van der Waals surface area (Å²) in [5.74, 6) is 0.686. The van der Waals surface area contributed by atoms with E-state index in [1.807, 2.05) is 12.5 Å². The van der Waals surface area contributed by atoms with Crippen LogP contribution < -0.4 is 5.32 Å². The lowest BCUT2D eigenvalue weighted by atomic mass is 10.00. The van der Waals surface area contributed by atoms with Crippen LogP contribution in [0.25, 0.3) is 0 Å². The van der Waals surface area contributed by atoms with E-state index in [-0.39, 0.29) is 0 Å². The van der Waals surface area contributed by atoms with Gasteiger partial charge in [-0.2, -0.15) is 0 Å². The molecule has 1 aliphatic heterocycles. The molecule has 2 rings (SSSR count). The van der Waals surface area contributed by atoms with E-state index in [0.717, 1.165) is 19.6 Å². The highest BCUT2D eigenvalue weighted by atomic mass is 15.1. The number of hydrogen-bond acceptors (Lipinski definition) is 3. The van der Waals surface area contributed by atoms with E-state index in [0.29, 0.717) is 12.0 Å². The minimum Gasteiger partial charge on any atom is -0.334 e. The fourth-order valence-electron chi connectivity index (χ4n) is 2.26. The van der Waals surface area contributed by atoms with Crippen LogP contribution in [0.4, 0.5) is 0 Å². The van der Waals surface area contributed by atoms with Crippen LogP contribution in [0, 0.1) is 0 Å². The van der Waals surface area contributed by atoms with Crippen molar-refractivity contribution in [3.63, 3.8) is 0 Å². The lowest BCUT2D eigenvalue weighted by Gasteiger charge is -2.28. The predicted molar refractivity (Wildman–Crippen MR) is 74.8 cm³/mol. The smallest absolute Gasteiger partial charge is 0.0948 e. The molecular weight excluding hydrogens is 224 g/mol. The minimum absolute atomic E-state index is 0.648. The number of nitrogens with one attached hydrogen (secondary N) is 1. The lowest BCUT2D eigenvalue weighted by molar-refractivity contribution is 0.266. The van der Waals surface area contributed by atoms with Gasteiger partial charge in [-0.1, -0.05) is 0 Å². The zero-order valence-electron chi connectivity index (χ0n) is 11.9. The maximum Gasteiger partial charge on any atom is 0.0948 e. The van der Waals surface area contributed by atoms with Gasteiger partial charge in [-0.25, -0.2) is 4.98 Å². The molecule has 0 aliphatic carbocycles. The standard InChI is InChI=1S/C14H26N4/c1-12(2)17(3)6-4-5-7-18-11-16-10-14(18)13-8-15-9-13/h10-13,15H,4-9H2,1-3H3. The van der Waals surface area contributed by atoms with Gasteiger partial charge < -0.3 is 14.8 Å². The molecule has 1 aromatic rings. The summed E-state index contributed by atoms with van der Waals surface area (Å²) in [5, 5.41) is 3.32. The third-order valence-corrected chi connectivity index (χ3v) is 3.99. The topological polar surface area (TPSA) is 33.1 Å². The van der Waals surface area contributed by atoms with Gasteiger partial charge in [0.1, 0.15) is 0 Å². The van der Waals surface area contributed by atoms with E-state index in [1.165, 1.54) is 25.1 Å². The Morgan fingerprint density at radius 1 is 1.44 bits per heavy atom. The maximum absolute atomic E-state index is 4.29. The van der Waals surface area contributed by atoms with Gasteiger partial charge in [0, 0.05) is 43.5 Å². The van der Waals surface area contributed by atoms with Crippen LogP contribution in [-0.4, -0.2) is 47.2 Å². The van der Waals surface area contributed by atoms with E-state index in [4.69, 9.17) is 0 Å². The molecule has 0 unspecified atom stereocenters. The number of imidazole rings is 1. The largest absolute Gasteiger partial charge is 0.334 e. The number of nitrogens with zero attached hydrogens (tertiary/aromatic N) is 3. The molecule has 1 fully saturated rings. The predicted octanol–water partition coefficient (Wildman–Crippen LogP) is 1.69. The molecule has 0 radical (unpaired) electrons. The first-order valence-electron chi connectivity index (χ1n) is 7.09. The number of rotatable bonds is 7. The number of aromatic nitrogens is 2. The quantitative estimate of drug-likeness (QED) is 0.748. The zero-order valence-corrected chi connectivity index (χ0v) is 11.9. The third kappa shape index (κ3) is 3.33. The van der Waals surface area contributed by atoms with Gasteiger partial charge in [0.2, 0.25) is 0 Å². The Hall–Kier alpha value is -0.870. The average molecular weight is 250 g/mol. The Morgan fingerprint density at radius 3 is 2.83 bits per heavy atom. The maximum atomic E-state index is 4.29. The minimum atomic E-state index is 0.648. The molecule has 4 nitrogen and oxygen atoms in total. The van der Waals surface area contributed by atoms with Crippen molar-refractivity contribution in [2.45, 2.75) is 45.2 Å². The van der Waals surface area contributed by atoms with Gasteiger partial charge >= 0.3 is 0 Å². The molecular formula is C14H26N4. The highest BCUT2D eigenvalue weighted by Gasteiger charge is 2.21. The van der Waals surface area contributed by atoms with Gasteiger partial charge in [-0.05, 0) is 40.3 Å². The molecule has 2 heterocycles. The van der Waals surface area contributed by atoms with Gasteiger partial charge in [-0.15, -0.1) is 0 Å². The molecule has 1 saturated heterocycles. The molecule has 0 aromatic carbocycles.